The summed E-state index contributed by atoms with van der Waals surface area (Å²) in [5, 5.41) is 14.2. The smallest absolute Gasteiger partial charge is 0.251 e. The van der Waals surface area contributed by atoms with Crippen LogP contribution in [0, 0.1) is 0 Å². The molecule has 0 spiro atoms. The molecule has 1 unspecified atom stereocenters. The summed E-state index contributed by atoms with van der Waals surface area (Å²) < 4.78 is 11.6. The zero-order valence-electron chi connectivity index (χ0n) is 20.3. The molecule has 184 valence electrons. The van der Waals surface area contributed by atoms with Crippen molar-refractivity contribution >= 4 is 29.1 Å². The second kappa shape index (κ2) is 9.34. The Morgan fingerprint density at radius 2 is 1.83 bits per heavy atom. The van der Waals surface area contributed by atoms with Gasteiger partial charge in [0, 0.05) is 28.1 Å². The molecule has 1 aliphatic rings. The molecule has 0 saturated heterocycles. The third kappa shape index (κ3) is 5.40. The van der Waals surface area contributed by atoms with Crippen LogP contribution in [-0.2, 0) is 4.79 Å². The van der Waals surface area contributed by atoms with Gasteiger partial charge in [-0.25, -0.2) is 4.98 Å². The first kappa shape index (κ1) is 25.3. The van der Waals surface area contributed by atoms with Crippen LogP contribution in [0.4, 0.5) is 0 Å². The highest BCUT2D eigenvalue weighted by Crippen LogP contribution is 2.45. The summed E-state index contributed by atoms with van der Waals surface area (Å²) in [7, 11) is 1.61. The average molecular weight is 515 g/mol. The van der Waals surface area contributed by atoms with Crippen LogP contribution < -0.4 is 14.8 Å². The number of benzene rings is 2. The average Bonchev–Trinajstić information content (AvgIpc) is 2.77. The Bertz CT molecular complexity index is 1270. The molecule has 3 aromatic rings. The molecule has 6 nitrogen and oxygen atoms in total. The summed E-state index contributed by atoms with van der Waals surface area (Å²) in [5.41, 5.74) is 1.63. The number of hydrogen-bond acceptors (Lipinski definition) is 5. The first-order valence-corrected chi connectivity index (χ1v) is 12.0. The standard InChI is InChI=1S/C27H28Cl2N2O4/c1-26(2)14-22(30-25(32)27(3,4)33)20-13-19(15-6-9-17(34-5)10-7-15)23(31-24(20)35-26)18-11-8-16(28)12-21(18)29/h6-13,22,33H,14H2,1-5H3,(H,30,32). The highest BCUT2D eigenvalue weighted by Gasteiger charge is 2.38. The van der Waals surface area contributed by atoms with Gasteiger partial charge in [0.15, 0.2) is 0 Å². The van der Waals surface area contributed by atoms with Crippen molar-refractivity contribution in [3.63, 3.8) is 0 Å². The largest absolute Gasteiger partial charge is 0.497 e. The number of nitrogens with zero attached hydrogens (tertiary/aromatic N) is 1. The van der Waals surface area contributed by atoms with E-state index in [9.17, 15) is 9.90 Å². The molecule has 0 aliphatic carbocycles. The van der Waals surface area contributed by atoms with Crippen LogP contribution in [0.3, 0.4) is 0 Å². The maximum absolute atomic E-state index is 12.7. The van der Waals surface area contributed by atoms with E-state index in [1.807, 2.05) is 50.2 Å². The number of pyridine rings is 1. The minimum Gasteiger partial charge on any atom is -0.497 e. The summed E-state index contributed by atoms with van der Waals surface area (Å²) in [6, 6.07) is 14.4. The number of aromatic nitrogens is 1. The molecule has 1 aromatic heterocycles. The van der Waals surface area contributed by atoms with Gasteiger partial charge in [-0.15, -0.1) is 0 Å². The molecule has 0 fully saturated rings. The summed E-state index contributed by atoms with van der Waals surface area (Å²) in [6.07, 6.45) is 0.507. The number of methoxy groups -OCH3 is 1. The number of ether oxygens (including phenoxy) is 2. The number of amides is 1. The minimum atomic E-state index is -1.52. The minimum absolute atomic E-state index is 0.403. The zero-order chi connectivity index (χ0) is 25.5. The van der Waals surface area contributed by atoms with Gasteiger partial charge in [0.1, 0.15) is 17.0 Å². The monoisotopic (exact) mass is 514 g/mol. The molecule has 1 atom stereocenters. The predicted octanol–water partition coefficient (Wildman–Crippen LogP) is 6.22. The fourth-order valence-electron chi connectivity index (χ4n) is 4.09. The van der Waals surface area contributed by atoms with Gasteiger partial charge in [0.25, 0.3) is 5.91 Å². The quantitative estimate of drug-likeness (QED) is 0.422. The third-order valence-electron chi connectivity index (χ3n) is 5.91. The van der Waals surface area contributed by atoms with Crippen molar-refractivity contribution in [2.24, 2.45) is 0 Å². The topological polar surface area (TPSA) is 80.7 Å². The number of carbonyl (C=O) groups excluding carboxylic acids is 1. The van der Waals surface area contributed by atoms with Gasteiger partial charge in [-0.2, -0.15) is 0 Å². The van der Waals surface area contributed by atoms with Crippen molar-refractivity contribution in [2.45, 2.75) is 51.4 Å². The first-order valence-electron chi connectivity index (χ1n) is 11.2. The normalized spacial score (nSPS) is 16.7. The Morgan fingerprint density at radius 1 is 1.14 bits per heavy atom. The van der Waals surface area contributed by atoms with Crippen molar-refractivity contribution in [2.75, 3.05) is 7.11 Å². The van der Waals surface area contributed by atoms with Crippen LogP contribution in [0.25, 0.3) is 22.4 Å². The summed E-state index contributed by atoms with van der Waals surface area (Å²) in [5.74, 6) is 0.661. The van der Waals surface area contributed by atoms with Crippen LogP contribution in [0.15, 0.2) is 48.5 Å². The number of carbonyl (C=O) groups is 1. The number of aliphatic hydroxyl groups is 1. The van der Waals surface area contributed by atoms with Crippen molar-refractivity contribution in [1.82, 2.24) is 10.3 Å². The highest BCUT2D eigenvalue weighted by atomic mass is 35.5. The second-order valence-electron chi connectivity index (χ2n) is 9.78. The van der Waals surface area contributed by atoms with E-state index in [0.717, 1.165) is 22.4 Å². The van der Waals surface area contributed by atoms with Crippen molar-refractivity contribution in [1.29, 1.82) is 0 Å². The molecule has 1 amide bonds. The molecule has 4 rings (SSSR count). The van der Waals surface area contributed by atoms with Gasteiger partial charge in [0.05, 0.1) is 23.9 Å². The molecule has 8 heteroatoms. The van der Waals surface area contributed by atoms with E-state index < -0.39 is 23.2 Å². The first-order chi connectivity index (χ1) is 16.4. The van der Waals surface area contributed by atoms with Crippen LogP contribution in [0.5, 0.6) is 11.6 Å². The third-order valence-corrected chi connectivity index (χ3v) is 6.46. The predicted molar refractivity (Wildman–Crippen MR) is 138 cm³/mol. The maximum Gasteiger partial charge on any atom is 0.251 e. The van der Waals surface area contributed by atoms with Crippen molar-refractivity contribution in [3.05, 3.63) is 64.1 Å². The lowest BCUT2D eigenvalue weighted by atomic mass is 9.88. The van der Waals surface area contributed by atoms with Gasteiger partial charge in [-0.1, -0.05) is 35.3 Å². The number of halogens is 2. The van der Waals surface area contributed by atoms with E-state index in [-0.39, 0.29) is 0 Å². The van der Waals surface area contributed by atoms with E-state index in [4.69, 9.17) is 37.7 Å². The Kier molecular flexibility index (Phi) is 6.75. The summed E-state index contributed by atoms with van der Waals surface area (Å²) >= 11 is 12.7. The van der Waals surface area contributed by atoms with Crippen LogP contribution in [-0.4, -0.2) is 34.3 Å². The number of fused-ring (bicyclic) bond motifs is 1. The number of nitrogens with one attached hydrogen (secondary N) is 1. The fraction of sp³-hybridized carbons (Fsp3) is 0.333. The van der Waals surface area contributed by atoms with Crippen LogP contribution in [0.1, 0.15) is 45.7 Å². The molecular formula is C27H28Cl2N2O4. The van der Waals surface area contributed by atoms with Gasteiger partial charge in [-0.3, -0.25) is 4.79 Å². The Morgan fingerprint density at radius 3 is 2.43 bits per heavy atom. The Balaban J connectivity index is 1.93. The summed E-state index contributed by atoms with van der Waals surface area (Å²) in [4.78, 5) is 17.6. The van der Waals surface area contributed by atoms with Gasteiger partial charge < -0.3 is 19.9 Å². The van der Waals surface area contributed by atoms with Crippen molar-refractivity contribution in [3.8, 4) is 34.0 Å². The number of rotatable bonds is 5. The summed E-state index contributed by atoms with van der Waals surface area (Å²) in [6.45, 7) is 6.79. The lowest BCUT2D eigenvalue weighted by Gasteiger charge is -2.38. The van der Waals surface area contributed by atoms with Gasteiger partial charge in [0.2, 0.25) is 5.88 Å². The molecule has 2 heterocycles. The zero-order valence-corrected chi connectivity index (χ0v) is 21.8. The fourth-order valence-corrected chi connectivity index (χ4v) is 4.59. The molecule has 2 aromatic carbocycles. The lowest BCUT2D eigenvalue weighted by Crippen LogP contribution is -2.47. The Hall–Kier alpha value is -2.80. The van der Waals surface area contributed by atoms with E-state index >= 15 is 0 Å². The SMILES string of the molecule is COc1ccc(-c2cc3c(nc2-c2ccc(Cl)cc2Cl)OC(C)(C)CC3NC(=O)C(C)(C)O)cc1. The molecule has 0 saturated carbocycles. The van der Waals surface area contributed by atoms with E-state index in [2.05, 4.69) is 5.32 Å². The second-order valence-corrected chi connectivity index (χ2v) is 10.6. The van der Waals surface area contributed by atoms with Crippen LogP contribution >= 0.6 is 23.2 Å². The molecule has 2 N–H and O–H groups in total. The van der Waals surface area contributed by atoms with Crippen LogP contribution in [0.2, 0.25) is 10.0 Å². The highest BCUT2D eigenvalue weighted by molar-refractivity contribution is 6.36. The molecule has 35 heavy (non-hydrogen) atoms. The van der Waals surface area contributed by atoms with Crippen molar-refractivity contribution < 1.29 is 19.4 Å². The maximum atomic E-state index is 12.7. The van der Waals surface area contributed by atoms with E-state index in [1.165, 1.54) is 13.8 Å². The molecule has 0 bridgehead atoms. The van der Waals surface area contributed by atoms with E-state index in [0.29, 0.717) is 33.6 Å². The number of hydrogen-bond donors (Lipinski definition) is 2. The Labute approximate surface area is 215 Å². The molecule has 1 aliphatic heterocycles. The van der Waals surface area contributed by atoms with Gasteiger partial charge >= 0.3 is 0 Å². The van der Waals surface area contributed by atoms with E-state index in [1.54, 1.807) is 19.2 Å². The lowest BCUT2D eigenvalue weighted by molar-refractivity contribution is -0.137. The molecular weight excluding hydrogens is 487 g/mol. The molecule has 0 radical (unpaired) electrons. The van der Waals surface area contributed by atoms with Gasteiger partial charge in [-0.05, 0) is 69.7 Å².